The lowest BCUT2D eigenvalue weighted by Gasteiger charge is -2.14. The number of methoxy groups -OCH3 is 1. The minimum atomic E-state index is -0.417. The zero-order chi connectivity index (χ0) is 23.0. The second-order valence-corrected chi connectivity index (χ2v) is 7.84. The van der Waals surface area contributed by atoms with Crippen LogP contribution in [0.4, 0.5) is 0 Å². The Bertz CT molecular complexity index is 763. The molecule has 0 amide bonds. The highest BCUT2D eigenvalue weighted by atomic mass is 16.5. The molecular weight excluding hydrogens is 408 g/mol. The number of benzene rings is 1. The van der Waals surface area contributed by atoms with E-state index in [2.05, 4.69) is 6.92 Å². The summed E-state index contributed by atoms with van der Waals surface area (Å²) in [6, 6.07) is 7.00. The topological polar surface area (TPSA) is 71.1 Å². The molecule has 0 spiro atoms. The van der Waals surface area contributed by atoms with E-state index in [9.17, 15) is 9.59 Å². The number of unbranched alkanes of at least 4 members (excludes halogenated alkanes) is 5. The van der Waals surface area contributed by atoms with Crippen LogP contribution in [0, 0.1) is 0 Å². The average Bonchev–Trinajstić information content (AvgIpc) is 2.82. The zero-order valence-corrected chi connectivity index (χ0v) is 19.4. The number of carbonyl (C=O) groups is 2. The number of hydrogen-bond donors (Lipinski definition) is 0. The van der Waals surface area contributed by atoms with Crippen molar-refractivity contribution in [2.24, 2.45) is 0 Å². The number of hydrogen-bond acceptors (Lipinski definition) is 6. The second kappa shape index (κ2) is 15.2. The largest absolute Gasteiger partial charge is 0.494 e. The fourth-order valence-corrected chi connectivity index (χ4v) is 3.24. The van der Waals surface area contributed by atoms with E-state index in [1.807, 2.05) is 0 Å². The van der Waals surface area contributed by atoms with Crippen LogP contribution in [0.2, 0.25) is 0 Å². The van der Waals surface area contributed by atoms with Gasteiger partial charge in [-0.15, -0.1) is 0 Å². The third-order valence-electron chi connectivity index (χ3n) is 5.18. The third-order valence-corrected chi connectivity index (χ3v) is 5.18. The summed E-state index contributed by atoms with van der Waals surface area (Å²) in [4.78, 5) is 24.5. The molecule has 0 aliphatic heterocycles. The van der Waals surface area contributed by atoms with E-state index in [-0.39, 0.29) is 5.97 Å². The molecule has 0 heterocycles. The molecule has 1 aromatic rings. The molecule has 6 heteroatoms. The summed E-state index contributed by atoms with van der Waals surface area (Å²) in [5.41, 5.74) is 1.05. The van der Waals surface area contributed by atoms with Gasteiger partial charge in [-0.3, -0.25) is 0 Å². The van der Waals surface area contributed by atoms with Crippen LogP contribution >= 0.6 is 0 Å². The summed E-state index contributed by atoms with van der Waals surface area (Å²) in [6.07, 6.45) is 11.9. The van der Waals surface area contributed by atoms with Crippen molar-refractivity contribution >= 4 is 11.9 Å². The van der Waals surface area contributed by atoms with Crippen LogP contribution in [0.1, 0.15) is 75.1 Å². The van der Waals surface area contributed by atoms with Gasteiger partial charge in [0, 0.05) is 25.7 Å². The fraction of sp³-hybridized carbons (Fsp3) is 0.538. The first kappa shape index (κ1) is 25.7. The smallest absolute Gasteiger partial charge is 0.343 e. The van der Waals surface area contributed by atoms with Gasteiger partial charge in [0.05, 0.1) is 18.8 Å². The van der Waals surface area contributed by atoms with Gasteiger partial charge < -0.3 is 18.9 Å². The van der Waals surface area contributed by atoms with Gasteiger partial charge in [0.25, 0.3) is 0 Å². The van der Waals surface area contributed by atoms with Crippen LogP contribution in [0.5, 0.6) is 5.75 Å². The van der Waals surface area contributed by atoms with Gasteiger partial charge in [-0.25, -0.2) is 9.59 Å². The van der Waals surface area contributed by atoms with Crippen molar-refractivity contribution in [2.75, 3.05) is 26.9 Å². The molecule has 0 unspecified atom stereocenters. The summed E-state index contributed by atoms with van der Waals surface area (Å²) in [6.45, 7) is 3.92. The van der Waals surface area contributed by atoms with Crippen molar-refractivity contribution in [1.29, 1.82) is 0 Å². The van der Waals surface area contributed by atoms with Crippen molar-refractivity contribution in [1.82, 2.24) is 0 Å². The predicted molar refractivity (Wildman–Crippen MR) is 124 cm³/mol. The monoisotopic (exact) mass is 444 g/mol. The quantitative estimate of drug-likeness (QED) is 0.253. The summed E-state index contributed by atoms with van der Waals surface area (Å²) in [7, 11) is 1.65. The molecule has 0 N–H and O–H groups in total. The molecule has 176 valence electrons. The molecule has 0 saturated carbocycles. The first-order chi connectivity index (χ1) is 15.6. The van der Waals surface area contributed by atoms with Crippen LogP contribution in [0.3, 0.4) is 0 Å². The van der Waals surface area contributed by atoms with E-state index in [1.54, 1.807) is 43.5 Å². The number of allylic oxidation sites excluding steroid dienone is 3. The van der Waals surface area contributed by atoms with E-state index in [0.29, 0.717) is 49.6 Å². The molecule has 6 nitrogen and oxygen atoms in total. The number of rotatable bonds is 15. The van der Waals surface area contributed by atoms with E-state index < -0.39 is 5.97 Å². The van der Waals surface area contributed by atoms with E-state index in [0.717, 1.165) is 25.0 Å². The van der Waals surface area contributed by atoms with E-state index >= 15 is 0 Å². The molecule has 0 saturated heterocycles. The SMILES string of the molecule is CCCCCCCOc1ccc(C(=O)OC2=CC=C(C(=O)OCCCCOC)CC2)cc1. The molecular formula is C26H36O6. The van der Waals surface area contributed by atoms with Crippen molar-refractivity contribution in [3.63, 3.8) is 0 Å². The Hall–Kier alpha value is -2.60. The Kier molecular flexibility index (Phi) is 12.2. The number of carbonyl (C=O) groups excluding carboxylic acids is 2. The molecule has 0 bridgehead atoms. The maximum absolute atomic E-state index is 12.4. The highest BCUT2D eigenvalue weighted by Gasteiger charge is 2.18. The van der Waals surface area contributed by atoms with E-state index in [4.69, 9.17) is 18.9 Å². The van der Waals surface area contributed by atoms with Crippen LogP contribution in [0.25, 0.3) is 0 Å². The maximum Gasteiger partial charge on any atom is 0.343 e. The lowest BCUT2D eigenvalue weighted by molar-refractivity contribution is -0.139. The van der Waals surface area contributed by atoms with Gasteiger partial charge in [-0.2, -0.15) is 0 Å². The molecule has 1 aliphatic carbocycles. The summed E-state index contributed by atoms with van der Waals surface area (Å²) in [5, 5.41) is 0. The van der Waals surface area contributed by atoms with Crippen LogP contribution < -0.4 is 4.74 Å². The Morgan fingerprint density at radius 2 is 1.53 bits per heavy atom. The summed E-state index contributed by atoms with van der Waals surface area (Å²) < 4.78 is 21.4. The van der Waals surface area contributed by atoms with Gasteiger partial charge in [0.2, 0.25) is 0 Å². The molecule has 0 radical (unpaired) electrons. The molecule has 0 aromatic heterocycles. The minimum absolute atomic E-state index is 0.315. The molecule has 1 aromatic carbocycles. The van der Waals surface area contributed by atoms with Gasteiger partial charge in [0.15, 0.2) is 0 Å². The molecule has 2 rings (SSSR count). The number of ether oxygens (including phenoxy) is 4. The van der Waals surface area contributed by atoms with Crippen molar-refractivity contribution in [3.05, 3.63) is 53.3 Å². The highest BCUT2D eigenvalue weighted by molar-refractivity contribution is 5.91. The van der Waals surface area contributed by atoms with Gasteiger partial charge in [-0.1, -0.05) is 32.6 Å². The number of esters is 2. The lowest BCUT2D eigenvalue weighted by atomic mass is 10.0. The third kappa shape index (κ3) is 9.69. The summed E-state index contributed by atoms with van der Waals surface area (Å²) in [5.74, 6) is 0.561. The minimum Gasteiger partial charge on any atom is -0.494 e. The standard InChI is InChI=1S/C26H36O6/c1-3-4-5-6-7-19-30-23-14-10-22(11-15-23)26(28)32-24-16-12-21(13-17-24)25(27)31-20-9-8-18-29-2/h10-12,14-16H,3-9,13,17-20H2,1-2H3. The van der Waals surface area contributed by atoms with E-state index in [1.165, 1.54) is 25.7 Å². The zero-order valence-electron chi connectivity index (χ0n) is 19.4. The second-order valence-electron chi connectivity index (χ2n) is 7.84. The molecule has 0 fully saturated rings. The Morgan fingerprint density at radius 1 is 0.812 bits per heavy atom. The first-order valence-corrected chi connectivity index (χ1v) is 11.6. The molecule has 0 atom stereocenters. The van der Waals surface area contributed by atoms with Crippen molar-refractivity contribution < 1.29 is 28.5 Å². The predicted octanol–water partition coefficient (Wildman–Crippen LogP) is 5.77. The van der Waals surface area contributed by atoms with Crippen LogP contribution in [0.15, 0.2) is 47.7 Å². The van der Waals surface area contributed by atoms with Crippen molar-refractivity contribution in [2.45, 2.75) is 64.7 Å². The molecule has 1 aliphatic rings. The first-order valence-electron chi connectivity index (χ1n) is 11.6. The Balaban J connectivity index is 1.73. The van der Waals surface area contributed by atoms with Crippen LogP contribution in [-0.2, 0) is 19.0 Å². The molecule has 32 heavy (non-hydrogen) atoms. The van der Waals surface area contributed by atoms with Gasteiger partial charge in [-0.05, 0) is 62.1 Å². The van der Waals surface area contributed by atoms with Crippen LogP contribution in [-0.4, -0.2) is 38.9 Å². The van der Waals surface area contributed by atoms with Gasteiger partial charge in [0.1, 0.15) is 11.5 Å². The normalized spacial score (nSPS) is 13.2. The van der Waals surface area contributed by atoms with Crippen molar-refractivity contribution in [3.8, 4) is 5.75 Å². The maximum atomic E-state index is 12.4. The Labute approximate surface area is 191 Å². The van der Waals surface area contributed by atoms with Gasteiger partial charge >= 0.3 is 11.9 Å². The fourth-order valence-electron chi connectivity index (χ4n) is 3.24. The lowest BCUT2D eigenvalue weighted by Crippen LogP contribution is -2.13. The average molecular weight is 445 g/mol. The highest BCUT2D eigenvalue weighted by Crippen LogP contribution is 2.22. The Morgan fingerprint density at radius 3 is 2.22 bits per heavy atom. The summed E-state index contributed by atoms with van der Waals surface area (Å²) >= 11 is 0.